The van der Waals surface area contributed by atoms with Gasteiger partial charge in [0.1, 0.15) is 0 Å². The number of methoxy groups -OCH3 is 2. The lowest BCUT2D eigenvalue weighted by molar-refractivity contribution is -0.144. The van der Waals surface area contributed by atoms with Crippen molar-refractivity contribution >= 4 is 23.4 Å². The number of ketones is 1. The maximum absolute atomic E-state index is 13.8. The molecule has 190 valence electrons. The van der Waals surface area contributed by atoms with Crippen LogP contribution in [-0.2, 0) is 14.3 Å². The minimum atomic E-state index is -0.592. The average molecular weight is 510 g/mol. The SMILES string of the molecule is CC[C@H](C)OC(=O)C1=C(C)NC2=C(C(=O)C[C@H](c3ccc(OC)c(OC)c3)C2)[C@H]1c1ccccc1Cl. The highest BCUT2D eigenvalue weighted by Gasteiger charge is 2.42. The van der Waals surface area contributed by atoms with Gasteiger partial charge in [0.15, 0.2) is 17.3 Å². The van der Waals surface area contributed by atoms with Crippen LogP contribution in [0.5, 0.6) is 11.5 Å². The fourth-order valence-corrected chi connectivity index (χ4v) is 5.25. The number of dihydropyridines is 1. The van der Waals surface area contributed by atoms with Crippen LogP contribution < -0.4 is 14.8 Å². The summed E-state index contributed by atoms with van der Waals surface area (Å²) in [6.45, 7) is 5.67. The van der Waals surface area contributed by atoms with Crippen LogP contribution in [0.1, 0.15) is 63.0 Å². The average Bonchev–Trinajstić information content (AvgIpc) is 2.87. The summed E-state index contributed by atoms with van der Waals surface area (Å²) < 4.78 is 16.6. The molecule has 0 radical (unpaired) electrons. The first kappa shape index (κ1) is 25.8. The minimum Gasteiger partial charge on any atom is -0.493 e. The van der Waals surface area contributed by atoms with Crippen LogP contribution in [0, 0.1) is 0 Å². The molecular formula is C29H32ClNO5. The third-order valence-corrected chi connectivity index (χ3v) is 7.37. The van der Waals surface area contributed by atoms with Gasteiger partial charge in [-0.05, 0) is 61.9 Å². The van der Waals surface area contributed by atoms with E-state index in [4.69, 9.17) is 25.8 Å². The topological polar surface area (TPSA) is 73.9 Å². The Morgan fingerprint density at radius 2 is 1.83 bits per heavy atom. The summed E-state index contributed by atoms with van der Waals surface area (Å²) >= 11 is 6.62. The Bertz CT molecular complexity index is 1250. The largest absolute Gasteiger partial charge is 0.493 e. The van der Waals surface area contributed by atoms with Gasteiger partial charge in [0.2, 0.25) is 0 Å². The second-order valence-corrected chi connectivity index (χ2v) is 9.68. The number of carbonyl (C=O) groups excluding carboxylic acids is 2. The molecule has 6 nitrogen and oxygen atoms in total. The molecule has 0 saturated heterocycles. The smallest absolute Gasteiger partial charge is 0.337 e. The van der Waals surface area contributed by atoms with Crippen molar-refractivity contribution in [1.82, 2.24) is 5.32 Å². The lowest BCUT2D eigenvalue weighted by Crippen LogP contribution is -2.36. The van der Waals surface area contributed by atoms with Crippen molar-refractivity contribution in [3.63, 3.8) is 0 Å². The number of rotatable bonds is 7. The van der Waals surface area contributed by atoms with Crippen LogP contribution in [0.25, 0.3) is 0 Å². The van der Waals surface area contributed by atoms with Crippen LogP contribution >= 0.6 is 11.6 Å². The first-order chi connectivity index (χ1) is 17.3. The predicted octanol–water partition coefficient (Wildman–Crippen LogP) is 6.06. The van der Waals surface area contributed by atoms with E-state index in [1.165, 1.54) is 0 Å². The molecule has 2 aromatic rings. The number of ether oxygens (including phenoxy) is 3. The van der Waals surface area contributed by atoms with Gasteiger partial charge in [0.25, 0.3) is 0 Å². The quantitative estimate of drug-likeness (QED) is 0.457. The second-order valence-electron chi connectivity index (χ2n) is 9.28. The number of hydrogen-bond donors (Lipinski definition) is 1. The van der Waals surface area contributed by atoms with Gasteiger partial charge >= 0.3 is 5.97 Å². The van der Waals surface area contributed by atoms with Crippen LogP contribution in [0.3, 0.4) is 0 Å². The molecule has 0 saturated carbocycles. The predicted molar refractivity (Wildman–Crippen MR) is 139 cm³/mol. The summed E-state index contributed by atoms with van der Waals surface area (Å²) in [6.07, 6.45) is 1.38. The Kier molecular flexibility index (Phi) is 7.74. The van der Waals surface area contributed by atoms with Crippen LogP contribution in [-0.4, -0.2) is 32.1 Å². The summed E-state index contributed by atoms with van der Waals surface area (Å²) in [5.41, 5.74) is 4.22. The number of halogens is 1. The van der Waals surface area contributed by atoms with Gasteiger partial charge in [-0.15, -0.1) is 0 Å². The fourth-order valence-electron chi connectivity index (χ4n) is 5.00. The van der Waals surface area contributed by atoms with Gasteiger partial charge in [-0.25, -0.2) is 4.79 Å². The van der Waals surface area contributed by atoms with Crippen LogP contribution in [0.15, 0.2) is 65.0 Å². The van der Waals surface area contributed by atoms with Crippen molar-refractivity contribution in [1.29, 1.82) is 0 Å². The van der Waals surface area contributed by atoms with Crippen molar-refractivity contribution in [2.45, 2.75) is 58.0 Å². The molecule has 2 aliphatic rings. The summed E-state index contributed by atoms with van der Waals surface area (Å²) in [6, 6.07) is 13.1. The monoisotopic (exact) mass is 509 g/mol. The van der Waals surface area contributed by atoms with Crippen LogP contribution in [0.4, 0.5) is 0 Å². The normalized spacial score (nSPS) is 20.4. The number of benzene rings is 2. The van der Waals surface area contributed by atoms with Gasteiger partial charge < -0.3 is 19.5 Å². The lowest BCUT2D eigenvalue weighted by Gasteiger charge is -2.37. The Balaban J connectivity index is 1.77. The minimum absolute atomic E-state index is 0.0187. The maximum Gasteiger partial charge on any atom is 0.337 e. The van der Waals surface area contributed by atoms with Gasteiger partial charge in [0.05, 0.1) is 25.9 Å². The molecule has 4 rings (SSSR count). The molecule has 0 bridgehead atoms. The van der Waals surface area contributed by atoms with Crippen molar-refractivity contribution in [3.05, 3.63) is 81.2 Å². The Hall–Kier alpha value is -3.25. The fraction of sp³-hybridized carbons (Fsp3) is 0.379. The van der Waals surface area contributed by atoms with E-state index in [1.54, 1.807) is 20.3 Å². The van der Waals surface area contributed by atoms with E-state index >= 15 is 0 Å². The van der Waals surface area contributed by atoms with E-state index in [0.29, 0.717) is 52.6 Å². The molecule has 0 fully saturated rings. The van der Waals surface area contributed by atoms with E-state index in [1.807, 2.05) is 57.2 Å². The number of allylic oxidation sites excluding steroid dienone is 3. The van der Waals surface area contributed by atoms with E-state index in [9.17, 15) is 9.59 Å². The zero-order valence-electron chi connectivity index (χ0n) is 21.3. The number of esters is 1. The van der Waals surface area contributed by atoms with E-state index in [-0.39, 0.29) is 17.8 Å². The molecule has 1 aliphatic heterocycles. The maximum atomic E-state index is 13.8. The van der Waals surface area contributed by atoms with Crippen molar-refractivity contribution in [2.75, 3.05) is 14.2 Å². The standard InChI is InChI=1S/C29H32ClNO5/c1-6-16(2)36-29(33)26-17(3)31-22-13-19(18-11-12-24(34-4)25(15-18)35-5)14-23(32)28(22)27(26)20-9-7-8-10-21(20)30/h7-12,15-16,19,27,31H,6,13-14H2,1-5H3/t16-,19+,27-/m0/s1. The van der Waals surface area contributed by atoms with Gasteiger partial charge in [0, 0.05) is 34.3 Å². The molecule has 36 heavy (non-hydrogen) atoms. The number of Topliss-reactive ketones (excluding diaryl/α,β-unsaturated/α-hetero) is 1. The summed E-state index contributed by atoms with van der Waals surface area (Å²) in [4.78, 5) is 27.1. The van der Waals surface area contributed by atoms with Gasteiger partial charge in [-0.2, -0.15) is 0 Å². The Labute approximate surface area is 217 Å². The molecule has 0 spiro atoms. The molecule has 7 heteroatoms. The van der Waals surface area contributed by atoms with Crippen molar-refractivity contribution in [3.8, 4) is 11.5 Å². The van der Waals surface area contributed by atoms with E-state index in [2.05, 4.69) is 5.32 Å². The second kappa shape index (κ2) is 10.8. The zero-order valence-corrected chi connectivity index (χ0v) is 22.1. The first-order valence-electron chi connectivity index (χ1n) is 12.2. The molecular weight excluding hydrogens is 478 g/mol. The number of nitrogens with one attached hydrogen (secondary N) is 1. The first-order valence-corrected chi connectivity index (χ1v) is 12.6. The van der Waals surface area contributed by atoms with E-state index < -0.39 is 11.9 Å². The molecule has 3 atom stereocenters. The van der Waals surface area contributed by atoms with Crippen molar-refractivity contribution in [2.24, 2.45) is 0 Å². The molecule has 1 aliphatic carbocycles. The summed E-state index contributed by atoms with van der Waals surface area (Å²) in [5, 5.41) is 3.89. The number of hydrogen-bond acceptors (Lipinski definition) is 6. The highest BCUT2D eigenvalue weighted by atomic mass is 35.5. The summed E-state index contributed by atoms with van der Waals surface area (Å²) in [5.74, 6) is 0.178. The third-order valence-electron chi connectivity index (χ3n) is 7.03. The highest BCUT2D eigenvalue weighted by molar-refractivity contribution is 6.31. The zero-order chi connectivity index (χ0) is 26.0. The van der Waals surface area contributed by atoms with E-state index in [0.717, 1.165) is 16.8 Å². The van der Waals surface area contributed by atoms with Crippen LogP contribution in [0.2, 0.25) is 5.02 Å². The Morgan fingerprint density at radius 3 is 2.50 bits per heavy atom. The number of carbonyl (C=O) groups is 2. The molecule has 2 aromatic carbocycles. The van der Waals surface area contributed by atoms with Gasteiger partial charge in [-0.3, -0.25) is 4.79 Å². The summed E-state index contributed by atoms with van der Waals surface area (Å²) in [7, 11) is 3.19. The van der Waals surface area contributed by atoms with Gasteiger partial charge in [-0.1, -0.05) is 42.8 Å². The molecule has 0 amide bonds. The third kappa shape index (κ3) is 4.87. The highest BCUT2D eigenvalue weighted by Crippen LogP contribution is 2.47. The molecule has 1 heterocycles. The molecule has 0 aromatic heterocycles. The molecule has 1 N–H and O–H groups in total. The Morgan fingerprint density at radius 1 is 1.11 bits per heavy atom. The molecule has 0 unspecified atom stereocenters. The lowest BCUT2D eigenvalue weighted by atomic mass is 9.71. The van der Waals surface area contributed by atoms with Crippen molar-refractivity contribution < 1.29 is 23.8 Å².